The number of allylic oxidation sites excluding steroid dienone is 1. The molecule has 2 unspecified atom stereocenters. The van der Waals surface area contributed by atoms with Gasteiger partial charge in [0.25, 0.3) is 0 Å². The van der Waals surface area contributed by atoms with Crippen LogP contribution < -0.4 is 21.3 Å². The molecule has 2 aliphatic rings. The van der Waals surface area contributed by atoms with Crippen LogP contribution in [0.25, 0.3) is 0 Å². The van der Waals surface area contributed by atoms with E-state index in [2.05, 4.69) is 33.4 Å². The van der Waals surface area contributed by atoms with Crippen LogP contribution in [0.5, 0.6) is 0 Å². The molecule has 4 N–H and O–H groups in total. The minimum atomic E-state index is -0.284. The zero-order chi connectivity index (χ0) is 28.8. The number of para-hydroxylation sites is 1. The number of likely N-dealkylation sites (tertiary alicyclic amines) is 1. The molecule has 9 heteroatoms. The van der Waals surface area contributed by atoms with Gasteiger partial charge in [0.15, 0.2) is 0 Å². The lowest BCUT2D eigenvalue weighted by Gasteiger charge is -2.19. The van der Waals surface area contributed by atoms with Crippen molar-refractivity contribution in [2.24, 2.45) is 10.9 Å². The first-order valence-corrected chi connectivity index (χ1v) is 14.3. The highest BCUT2D eigenvalue weighted by atomic mass is 35.5. The lowest BCUT2D eigenvalue weighted by molar-refractivity contribution is -0.119. The summed E-state index contributed by atoms with van der Waals surface area (Å²) in [6.07, 6.45) is 3.74. The Kier molecular flexibility index (Phi) is 8.89. The topological polar surface area (TPSA) is 97.9 Å². The molecule has 212 valence electrons. The highest BCUT2D eigenvalue weighted by Gasteiger charge is 2.31. The fraction of sp³-hybridized carbons (Fsp3) is 0.281. The van der Waals surface area contributed by atoms with Crippen molar-refractivity contribution in [2.45, 2.75) is 39.3 Å². The number of hydrogen-bond donors (Lipinski definition) is 4. The Balaban J connectivity index is 1.33. The summed E-state index contributed by atoms with van der Waals surface area (Å²) < 4.78 is 0. The summed E-state index contributed by atoms with van der Waals surface area (Å²) in [5, 5.41) is 13.4. The highest BCUT2D eigenvalue weighted by Crippen LogP contribution is 2.27. The number of aliphatic imine (C=N–C) groups is 1. The predicted molar refractivity (Wildman–Crippen MR) is 168 cm³/mol. The summed E-state index contributed by atoms with van der Waals surface area (Å²) >= 11 is 6.51. The first-order valence-electron chi connectivity index (χ1n) is 13.9. The third-order valence-electron chi connectivity index (χ3n) is 7.29. The number of aryl methyl sites for hydroxylation is 2. The first-order chi connectivity index (χ1) is 19.9. The van der Waals surface area contributed by atoms with Crippen molar-refractivity contribution < 1.29 is 9.59 Å². The Labute approximate surface area is 245 Å². The third kappa shape index (κ3) is 7.27. The largest absolute Gasteiger partial charge is 0.364 e. The van der Waals surface area contributed by atoms with Gasteiger partial charge in [-0.2, -0.15) is 0 Å². The quantitative estimate of drug-likeness (QED) is 0.281. The summed E-state index contributed by atoms with van der Waals surface area (Å²) in [5.41, 5.74) is 5.50. The number of hydrogen-bond acceptors (Lipinski definition) is 5. The van der Waals surface area contributed by atoms with Gasteiger partial charge in [0.1, 0.15) is 12.0 Å². The van der Waals surface area contributed by atoms with E-state index in [1.54, 1.807) is 11.0 Å². The van der Waals surface area contributed by atoms with Gasteiger partial charge in [-0.1, -0.05) is 48.0 Å². The Morgan fingerprint density at radius 1 is 1.00 bits per heavy atom. The van der Waals surface area contributed by atoms with E-state index >= 15 is 0 Å². The van der Waals surface area contributed by atoms with Crippen LogP contribution in [0.4, 0.5) is 27.5 Å². The Bertz CT molecular complexity index is 1470. The van der Waals surface area contributed by atoms with Crippen LogP contribution in [0.3, 0.4) is 0 Å². The summed E-state index contributed by atoms with van der Waals surface area (Å²) in [4.78, 5) is 32.6. The van der Waals surface area contributed by atoms with Crippen LogP contribution in [-0.2, 0) is 17.6 Å². The minimum absolute atomic E-state index is 0.0841. The van der Waals surface area contributed by atoms with Gasteiger partial charge in [0.05, 0.1) is 11.0 Å². The molecule has 3 aromatic rings. The summed E-state index contributed by atoms with van der Waals surface area (Å²) in [6, 6.07) is 23.3. The molecule has 1 fully saturated rings. The van der Waals surface area contributed by atoms with Crippen molar-refractivity contribution in [1.82, 2.24) is 4.90 Å². The van der Waals surface area contributed by atoms with E-state index < -0.39 is 0 Å². The van der Waals surface area contributed by atoms with Crippen molar-refractivity contribution in [2.75, 3.05) is 34.4 Å². The Morgan fingerprint density at radius 2 is 1.83 bits per heavy atom. The van der Waals surface area contributed by atoms with E-state index in [1.807, 2.05) is 74.5 Å². The van der Waals surface area contributed by atoms with Gasteiger partial charge < -0.3 is 26.2 Å². The van der Waals surface area contributed by atoms with Crippen LogP contribution in [0.2, 0.25) is 0 Å². The van der Waals surface area contributed by atoms with Crippen molar-refractivity contribution in [3.8, 4) is 0 Å². The van der Waals surface area contributed by atoms with Crippen LogP contribution in [0, 0.1) is 5.92 Å². The van der Waals surface area contributed by atoms with Crippen molar-refractivity contribution in [3.63, 3.8) is 0 Å². The summed E-state index contributed by atoms with van der Waals surface area (Å²) in [6.45, 7) is 4.75. The predicted octanol–water partition coefficient (Wildman–Crippen LogP) is 6.69. The molecule has 3 aromatic carbocycles. The fourth-order valence-electron chi connectivity index (χ4n) is 5.11. The molecule has 0 saturated carbocycles. The maximum Gasteiger partial charge on any atom is 0.321 e. The second kappa shape index (κ2) is 12.9. The number of fused-ring (bicyclic) bond motifs is 4. The number of carbonyl (C=O) groups excluding carboxylic acids is 2. The Morgan fingerprint density at radius 3 is 2.63 bits per heavy atom. The maximum atomic E-state index is 13.4. The summed E-state index contributed by atoms with van der Waals surface area (Å²) in [5.74, 6) is 0.194. The SMILES string of the molecule is C/C=C(Cl)\C1=N/C(C)Nc2cccc(c2)CCc2cc(ccc2NC(=O)C2CCN(C(=O)Nc3ccccc3)C2)N1. The van der Waals surface area contributed by atoms with Crippen LogP contribution in [0.1, 0.15) is 31.4 Å². The number of anilines is 4. The Hall–Kier alpha value is -4.30. The zero-order valence-corrected chi connectivity index (χ0v) is 24.0. The van der Waals surface area contributed by atoms with E-state index in [0.29, 0.717) is 30.4 Å². The van der Waals surface area contributed by atoms with E-state index in [1.165, 1.54) is 5.56 Å². The maximum absolute atomic E-state index is 13.4. The highest BCUT2D eigenvalue weighted by molar-refractivity contribution is 6.45. The monoisotopic (exact) mass is 570 g/mol. The molecular weight excluding hydrogens is 536 g/mol. The molecule has 0 aliphatic carbocycles. The molecular formula is C32H35ClN6O2. The molecule has 5 rings (SSSR count). The van der Waals surface area contributed by atoms with E-state index in [9.17, 15) is 9.59 Å². The molecule has 0 spiro atoms. The standard InChI is InChI=1S/C32H35ClN6O2/c1-3-28(33)30-35-21(2)34-26-11-7-8-22(18-26)12-13-23-19-27(36-30)14-15-29(23)38-31(40)24-16-17-39(20-24)32(41)37-25-9-5-4-6-10-25/h3-11,14-15,18-19,21,24,34H,12-13,16-17,20H2,1-2H3,(H,35,36)(H,37,41)(H,38,40)/b28-3+. The van der Waals surface area contributed by atoms with E-state index in [-0.39, 0.29) is 24.0 Å². The van der Waals surface area contributed by atoms with Gasteiger partial charge in [-0.15, -0.1) is 0 Å². The average molecular weight is 571 g/mol. The van der Waals surface area contributed by atoms with Crippen molar-refractivity contribution in [1.29, 1.82) is 0 Å². The van der Waals surface area contributed by atoms with E-state index in [0.717, 1.165) is 41.2 Å². The van der Waals surface area contributed by atoms with Crippen LogP contribution >= 0.6 is 11.6 Å². The molecule has 0 aromatic heterocycles. The van der Waals surface area contributed by atoms with Gasteiger partial charge in [0, 0.05) is 35.8 Å². The second-order valence-electron chi connectivity index (χ2n) is 10.3. The van der Waals surface area contributed by atoms with Crippen LogP contribution in [-0.4, -0.2) is 41.9 Å². The second-order valence-corrected chi connectivity index (χ2v) is 10.8. The number of benzene rings is 3. The van der Waals surface area contributed by atoms with Gasteiger partial charge in [0.2, 0.25) is 5.91 Å². The first kappa shape index (κ1) is 28.2. The summed E-state index contributed by atoms with van der Waals surface area (Å²) in [7, 11) is 0. The number of nitrogens with zero attached hydrogens (tertiary/aromatic N) is 2. The van der Waals surface area contributed by atoms with Crippen molar-refractivity contribution in [3.05, 3.63) is 95.0 Å². The molecule has 0 radical (unpaired) electrons. The molecule has 41 heavy (non-hydrogen) atoms. The number of amides is 3. The minimum Gasteiger partial charge on any atom is -0.364 e. The van der Waals surface area contributed by atoms with Gasteiger partial charge in [-0.3, -0.25) is 4.79 Å². The number of urea groups is 1. The van der Waals surface area contributed by atoms with E-state index in [4.69, 9.17) is 16.6 Å². The lowest BCUT2D eigenvalue weighted by Crippen LogP contribution is -2.34. The number of rotatable bonds is 4. The lowest BCUT2D eigenvalue weighted by atomic mass is 10.0. The molecule has 3 amide bonds. The molecule has 2 heterocycles. The molecule has 1 saturated heterocycles. The fourth-order valence-corrected chi connectivity index (χ4v) is 5.20. The number of amidine groups is 1. The molecule has 4 bridgehead atoms. The third-order valence-corrected chi connectivity index (χ3v) is 7.68. The molecule has 2 aliphatic heterocycles. The van der Waals surface area contributed by atoms with Gasteiger partial charge in [-0.25, -0.2) is 9.79 Å². The van der Waals surface area contributed by atoms with Gasteiger partial charge in [-0.05, 0) is 86.7 Å². The van der Waals surface area contributed by atoms with Crippen molar-refractivity contribution >= 4 is 52.1 Å². The van der Waals surface area contributed by atoms with Gasteiger partial charge >= 0.3 is 6.03 Å². The number of carbonyl (C=O) groups is 2. The van der Waals surface area contributed by atoms with Crippen LogP contribution in [0.15, 0.2) is 88.9 Å². The molecule has 8 nitrogen and oxygen atoms in total. The average Bonchev–Trinajstić information content (AvgIpc) is 3.48. The number of nitrogens with one attached hydrogen (secondary N) is 4. The smallest absolute Gasteiger partial charge is 0.321 e. The zero-order valence-electron chi connectivity index (χ0n) is 23.3. The molecule has 2 atom stereocenters. The number of halogens is 1. The normalized spacial score (nSPS) is 20.2.